The molecule has 3 aromatic carbocycles. The summed E-state index contributed by atoms with van der Waals surface area (Å²) in [6, 6.07) is 20.4. The number of anilines is 1. The van der Waals surface area contributed by atoms with E-state index in [0.717, 1.165) is 33.3 Å². The van der Waals surface area contributed by atoms with Crippen LogP contribution in [0.1, 0.15) is 70.7 Å². The Balaban J connectivity index is 1.13. The monoisotopic (exact) mass is 834 g/mol. The van der Waals surface area contributed by atoms with Gasteiger partial charge in [-0.3, -0.25) is 19.2 Å². The van der Waals surface area contributed by atoms with Crippen molar-refractivity contribution in [2.75, 3.05) is 32.6 Å². The number of benzene rings is 3. The van der Waals surface area contributed by atoms with Gasteiger partial charge in [0.15, 0.2) is 5.78 Å². The van der Waals surface area contributed by atoms with Crippen LogP contribution >= 0.6 is 0 Å². The number of carbonyl (C=O) groups excluding carboxylic acids is 6. The van der Waals surface area contributed by atoms with Gasteiger partial charge in [0.05, 0.1) is 31.5 Å². The van der Waals surface area contributed by atoms with Crippen LogP contribution in [0.4, 0.5) is 15.3 Å². The number of hydrogen-bond acceptors (Lipinski definition) is 9. The molecule has 4 aromatic rings. The molecule has 5 atom stereocenters. The first-order valence-electron chi connectivity index (χ1n) is 20.9. The number of nitrogens with zero attached hydrogens (tertiary/aromatic N) is 3. The number of ketones is 1. The standard InChI is InChI=1S/C46H54N6O9/c1-26(2)39(48-45(57)59-5)42(55)50-20-10-14-34(50)37(53)23-28-16-19-33-30(22-28)24-36-32-18-17-31(25-38(32)61-44(52(33)36)29-12-8-7-9-13-29)47-41(54)35-15-11-21-51(35)43(56)40(27(3)4)49-46(58)60-6/h7-9,12-13,16-19,22,24-27,34-35,39-40,44H,10-11,14-15,20-21,23H2,1-6H3,(H,47,54)(H,48,57)(H,49,58)/t34-,35-,39-,40-,44?/m0/s1. The van der Waals surface area contributed by atoms with Gasteiger partial charge < -0.3 is 44.5 Å². The molecular weight excluding hydrogens is 781 g/mol. The number of rotatable bonds is 12. The first-order chi connectivity index (χ1) is 29.3. The van der Waals surface area contributed by atoms with Crippen LogP contribution in [0.2, 0.25) is 0 Å². The van der Waals surface area contributed by atoms with Gasteiger partial charge in [0.2, 0.25) is 23.9 Å². The molecule has 2 fully saturated rings. The number of likely N-dealkylation sites (tertiary alicyclic amines) is 2. The van der Waals surface area contributed by atoms with E-state index in [4.69, 9.17) is 14.2 Å². The second-order valence-corrected chi connectivity index (χ2v) is 16.6. The molecule has 3 aliphatic heterocycles. The largest absolute Gasteiger partial charge is 0.465 e. The van der Waals surface area contributed by atoms with Gasteiger partial charge >= 0.3 is 12.2 Å². The summed E-state index contributed by atoms with van der Waals surface area (Å²) in [6.45, 7) is 8.16. The van der Waals surface area contributed by atoms with Gasteiger partial charge in [-0.25, -0.2) is 9.59 Å². The Morgan fingerprint density at radius 3 is 1.95 bits per heavy atom. The summed E-state index contributed by atoms with van der Waals surface area (Å²) >= 11 is 0. The highest BCUT2D eigenvalue weighted by Gasteiger charge is 2.40. The van der Waals surface area contributed by atoms with Crippen molar-refractivity contribution < 1.29 is 43.0 Å². The lowest BCUT2D eigenvalue weighted by Gasteiger charge is -2.31. The number of nitrogens with one attached hydrogen (secondary N) is 3. The van der Waals surface area contributed by atoms with E-state index < -0.39 is 42.6 Å². The van der Waals surface area contributed by atoms with Crippen LogP contribution in [0.25, 0.3) is 22.2 Å². The molecule has 0 aliphatic carbocycles. The van der Waals surface area contributed by atoms with Crippen LogP contribution in [-0.4, -0.2) is 102 Å². The number of carbonyl (C=O) groups is 6. The van der Waals surface area contributed by atoms with Gasteiger partial charge in [-0.15, -0.1) is 0 Å². The zero-order chi connectivity index (χ0) is 43.5. The third kappa shape index (κ3) is 8.77. The van der Waals surface area contributed by atoms with Crippen molar-refractivity contribution in [2.45, 2.75) is 90.2 Å². The van der Waals surface area contributed by atoms with E-state index >= 15 is 0 Å². The Labute approximate surface area is 355 Å². The molecule has 15 nitrogen and oxygen atoms in total. The van der Waals surface area contributed by atoms with Crippen molar-refractivity contribution in [3.63, 3.8) is 0 Å². The Morgan fingerprint density at radius 2 is 1.34 bits per heavy atom. The lowest BCUT2D eigenvalue weighted by Crippen LogP contribution is -2.54. The molecule has 0 saturated carbocycles. The van der Waals surface area contributed by atoms with Gasteiger partial charge in [-0.05, 0) is 73.4 Å². The predicted molar refractivity (Wildman–Crippen MR) is 228 cm³/mol. The molecule has 0 bridgehead atoms. The minimum absolute atomic E-state index is 0.0668. The maximum Gasteiger partial charge on any atom is 0.407 e. The van der Waals surface area contributed by atoms with E-state index in [2.05, 4.69) is 26.6 Å². The Hall–Kier alpha value is -6.38. The van der Waals surface area contributed by atoms with E-state index in [-0.39, 0.29) is 41.8 Å². The number of amides is 5. The van der Waals surface area contributed by atoms with Crippen LogP contribution < -0.4 is 20.7 Å². The lowest BCUT2D eigenvalue weighted by atomic mass is 9.99. The van der Waals surface area contributed by atoms with Gasteiger partial charge in [-0.1, -0.05) is 64.1 Å². The van der Waals surface area contributed by atoms with Gasteiger partial charge in [0.1, 0.15) is 23.9 Å². The molecular formula is C46H54N6O9. The Morgan fingerprint density at radius 1 is 0.738 bits per heavy atom. The smallest absolute Gasteiger partial charge is 0.407 e. The fraction of sp³-hybridized carbons (Fsp3) is 0.435. The number of Topliss-reactive ketones (excluding diaryl/α,β-unsaturated/α-hetero) is 1. The SMILES string of the molecule is COC(=O)N[C@H](C(=O)N1CCC[C@H]1C(=O)Cc1ccc2c(c1)cc1n2C(c2ccccc2)Oc2cc(NC(=O)[C@@H]3CCCN3C(=O)[C@@H](NC(=O)OC)C(C)C)ccc2-1)C(C)C. The lowest BCUT2D eigenvalue weighted by molar-refractivity contribution is -0.139. The normalized spacial score (nSPS) is 19.1. The van der Waals surface area contributed by atoms with Gasteiger partial charge in [0, 0.05) is 47.8 Å². The second-order valence-electron chi connectivity index (χ2n) is 16.6. The molecule has 0 spiro atoms. The molecule has 322 valence electrons. The zero-order valence-electron chi connectivity index (χ0n) is 35.4. The van der Waals surface area contributed by atoms with Gasteiger partial charge in [-0.2, -0.15) is 0 Å². The Kier molecular flexibility index (Phi) is 12.7. The summed E-state index contributed by atoms with van der Waals surface area (Å²) < 4.78 is 18.4. The summed E-state index contributed by atoms with van der Waals surface area (Å²) in [5, 5.41) is 9.17. The molecule has 2 saturated heterocycles. The number of aromatic nitrogens is 1. The maximum absolute atomic E-state index is 13.9. The molecule has 7 rings (SSSR count). The first kappa shape index (κ1) is 42.7. The quantitative estimate of drug-likeness (QED) is 0.154. The zero-order valence-corrected chi connectivity index (χ0v) is 35.4. The molecule has 61 heavy (non-hydrogen) atoms. The van der Waals surface area contributed by atoms with Crippen molar-refractivity contribution in [3.05, 3.63) is 83.9 Å². The molecule has 5 amide bonds. The third-order valence-corrected chi connectivity index (χ3v) is 11.9. The van der Waals surface area contributed by atoms with E-state index in [1.807, 2.05) is 88.4 Å². The minimum atomic E-state index is -0.842. The summed E-state index contributed by atoms with van der Waals surface area (Å²) in [7, 11) is 2.49. The summed E-state index contributed by atoms with van der Waals surface area (Å²) in [6.07, 6.45) is 0.543. The fourth-order valence-corrected chi connectivity index (χ4v) is 8.74. The average molecular weight is 835 g/mol. The predicted octanol–water partition coefficient (Wildman–Crippen LogP) is 6.04. The molecule has 15 heteroatoms. The van der Waals surface area contributed by atoms with Crippen LogP contribution in [0.15, 0.2) is 72.8 Å². The van der Waals surface area contributed by atoms with Gasteiger partial charge in [0.25, 0.3) is 0 Å². The van der Waals surface area contributed by atoms with E-state index in [0.29, 0.717) is 50.2 Å². The number of fused-ring (bicyclic) bond motifs is 5. The van der Waals surface area contributed by atoms with Crippen molar-refractivity contribution >= 4 is 52.3 Å². The Bertz CT molecular complexity index is 2320. The van der Waals surface area contributed by atoms with Crippen molar-refractivity contribution in [3.8, 4) is 17.0 Å². The van der Waals surface area contributed by atoms with E-state index in [9.17, 15) is 28.8 Å². The highest BCUT2D eigenvalue weighted by atomic mass is 16.5. The molecule has 3 aliphatic rings. The topological polar surface area (TPSA) is 178 Å². The van der Waals surface area contributed by atoms with Crippen LogP contribution in [0.5, 0.6) is 5.75 Å². The van der Waals surface area contributed by atoms with E-state index in [1.54, 1.807) is 11.0 Å². The van der Waals surface area contributed by atoms with E-state index in [1.165, 1.54) is 19.1 Å². The number of alkyl carbamates (subject to hydrolysis) is 2. The number of hydrogen-bond donors (Lipinski definition) is 3. The van der Waals surface area contributed by atoms with Crippen molar-refractivity contribution in [2.24, 2.45) is 11.8 Å². The summed E-state index contributed by atoms with van der Waals surface area (Å²) in [5.74, 6) is -0.890. The number of methoxy groups -OCH3 is 2. The molecule has 3 N–H and O–H groups in total. The number of ether oxygens (including phenoxy) is 3. The van der Waals surface area contributed by atoms with Crippen LogP contribution in [0.3, 0.4) is 0 Å². The highest BCUT2D eigenvalue weighted by Crippen LogP contribution is 2.45. The molecule has 4 heterocycles. The summed E-state index contributed by atoms with van der Waals surface area (Å²) in [4.78, 5) is 82.1. The van der Waals surface area contributed by atoms with Crippen molar-refractivity contribution in [1.29, 1.82) is 0 Å². The highest BCUT2D eigenvalue weighted by molar-refractivity contribution is 6.00. The summed E-state index contributed by atoms with van der Waals surface area (Å²) in [5.41, 5.74) is 4.83. The third-order valence-electron chi connectivity index (χ3n) is 11.9. The fourth-order valence-electron chi connectivity index (χ4n) is 8.74. The van der Waals surface area contributed by atoms with Crippen LogP contribution in [-0.2, 0) is 35.1 Å². The van der Waals surface area contributed by atoms with Crippen molar-refractivity contribution in [1.82, 2.24) is 25.0 Å². The molecule has 1 unspecified atom stereocenters. The molecule has 1 aromatic heterocycles. The second kappa shape index (κ2) is 18.1. The minimum Gasteiger partial charge on any atom is -0.465 e. The van der Waals surface area contributed by atoms with Crippen LogP contribution in [0, 0.1) is 11.8 Å². The first-order valence-corrected chi connectivity index (χ1v) is 20.9. The average Bonchev–Trinajstić information content (AvgIpc) is 4.03. The molecule has 0 radical (unpaired) electrons. The maximum atomic E-state index is 13.9.